The molecular formula is C8H17NO3P2. The molecule has 0 aliphatic carbocycles. The average molecular weight is 237 g/mol. The second-order valence-corrected chi connectivity index (χ2v) is 4.76. The maximum atomic E-state index is 11.1. The minimum Gasteiger partial charge on any atom is -0.464 e. The van der Waals surface area contributed by atoms with Gasteiger partial charge in [0, 0.05) is 12.8 Å². The van der Waals surface area contributed by atoms with Crippen LogP contribution in [0, 0.1) is 0 Å². The number of carbonyl (C=O) groups excluding carboxylic acids is 2. The van der Waals surface area contributed by atoms with Gasteiger partial charge in [-0.3, -0.25) is 9.59 Å². The van der Waals surface area contributed by atoms with Gasteiger partial charge in [0.2, 0.25) is 5.91 Å². The van der Waals surface area contributed by atoms with E-state index in [0.717, 1.165) is 14.4 Å². The van der Waals surface area contributed by atoms with Gasteiger partial charge in [0.25, 0.3) is 0 Å². The summed E-state index contributed by atoms with van der Waals surface area (Å²) in [5, 5.41) is 2.68. The second kappa shape index (κ2) is 9.36. The first-order chi connectivity index (χ1) is 6.70. The summed E-state index contributed by atoms with van der Waals surface area (Å²) in [6.45, 7) is 2.41. The molecule has 0 aliphatic heterocycles. The summed E-state index contributed by atoms with van der Waals surface area (Å²) in [6, 6.07) is 0. The van der Waals surface area contributed by atoms with Crippen molar-refractivity contribution in [3.05, 3.63) is 0 Å². The Morgan fingerprint density at radius 2 is 2.21 bits per heavy atom. The van der Waals surface area contributed by atoms with Crippen LogP contribution in [0.5, 0.6) is 0 Å². The van der Waals surface area contributed by atoms with Gasteiger partial charge in [0.15, 0.2) is 0 Å². The topological polar surface area (TPSA) is 55.4 Å². The zero-order chi connectivity index (χ0) is 10.8. The molecule has 4 nitrogen and oxygen atoms in total. The first-order valence-corrected chi connectivity index (χ1v) is 7.58. The van der Waals surface area contributed by atoms with E-state index in [1.54, 1.807) is 6.92 Å². The highest BCUT2D eigenvalue weighted by Crippen LogP contribution is 2.19. The van der Waals surface area contributed by atoms with Gasteiger partial charge < -0.3 is 10.1 Å². The van der Waals surface area contributed by atoms with Crippen LogP contribution >= 0.6 is 17.2 Å². The van der Waals surface area contributed by atoms with E-state index in [2.05, 4.69) is 14.2 Å². The van der Waals surface area contributed by atoms with Crippen LogP contribution in [0.15, 0.2) is 0 Å². The summed E-state index contributed by atoms with van der Waals surface area (Å²) < 4.78 is 4.79. The lowest BCUT2D eigenvalue weighted by molar-refractivity contribution is -0.143. The van der Waals surface area contributed by atoms with E-state index in [4.69, 9.17) is 4.74 Å². The van der Waals surface area contributed by atoms with Crippen LogP contribution in [0.25, 0.3) is 0 Å². The Hall–Kier alpha value is -0.200. The van der Waals surface area contributed by atoms with Crippen molar-refractivity contribution in [2.24, 2.45) is 0 Å². The number of hydrogen-bond donors (Lipinski definition) is 1. The largest absolute Gasteiger partial charge is 0.464 e. The van der Waals surface area contributed by atoms with Crippen LogP contribution in [0.2, 0.25) is 0 Å². The van der Waals surface area contributed by atoms with E-state index in [9.17, 15) is 9.59 Å². The predicted octanol–water partition coefficient (Wildman–Crippen LogP) is 0.914. The summed E-state index contributed by atoms with van der Waals surface area (Å²) >= 11 is 0. The molecule has 0 saturated carbocycles. The highest BCUT2D eigenvalue weighted by molar-refractivity contribution is 8.02. The van der Waals surface area contributed by atoms with Gasteiger partial charge in [0.05, 0.1) is 6.54 Å². The number of hydrogen-bond acceptors (Lipinski definition) is 3. The molecule has 1 amide bonds. The van der Waals surface area contributed by atoms with E-state index in [1.807, 2.05) is 0 Å². The third kappa shape index (κ3) is 8.40. The van der Waals surface area contributed by atoms with Gasteiger partial charge in [-0.25, -0.2) is 0 Å². The molecule has 2 unspecified atom stereocenters. The number of carbonyl (C=O) groups is 2. The Kier molecular flexibility index (Phi) is 9.23. The maximum absolute atomic E-state index is 11.1. The zero-order valence-electron chi connectivity index (χ0n) is 8.34. The lowest BCUT2D eigenvalue weighted by Crippen LogP contribution is -2.28. The summed E-state index contributed by atoms with van der Waals surface area (Å²) in [5.74, 6) is -0.210. The van der Waals surface area contributed by atoms with Crippen LogP contribution in [0.1, 0.15) is 19.8 Å². The Morgan fingerprint density at radius 1 is 1.50 bits per heavy atom. The monoisotopic (exact) mass is 237 g/mol. The first kappa shape index (κ1) is 13.8. The fourth-order valence-corrected chi connectivity index (χ4v) is 1.54. The van der Waals surface area contributed by atoms with Gasteiger partial charge >= 0.3 is 5.97 Å². The summed E-state index contributed by atoms with van der Waals surface area (Å²) in [4.78, 5) is 21.8. The minimum atomic E-state index is -0.231. The fraction of sp³-hybridized carbons (Fsp3) is 0.750. The third-order valence-corrected chi connectivity index (χ3v) is 2.88. The molecule has 0 radical (unpaired) electrons. The van der Waals surface area contributed by atoms with E-state index in [-0.39, 0.29) is 18.5 Å². The Balaban J connectivity index is 3.27. The molecule has 0 aromatic carbocycles. The van der Waals surface area contributed by atoms with Crippen molar-refractivity contribution < 1.29 is 14.3 Å². The van der Waals surface area contributed by atoms with Crippen molar-refractivity contribution in [2.75, 3.05) is 19.3 Å². The Bertz CT molecular complexity index is 187. The van der Waals surface area contributed by atoms with Gasteiger partial charge in [-0.2, -0.15) is 0 Å². The smallest absolute Gasteiger partial charge is 0.305 e. The quantitative estimate of drug-likeness (QED) is 0.407. The summed E-state index contributed by atoms with van der Waals surface area (Å²) in [6.07, 6.45) is 1.82. The molecule has 1 N–H and O–H groups in total. The Labute approximate surface area is 88.4 Å². The van der Waals surface area contributed by atoms with Gasteiger partial charge in [-0.1, -0.05) is 6.92 Å². The zero-order valence-corrected chi connectivity index (χ0v) is 10.5. The molecule has 0 aliphatic rings. The van der Waals surface area contributed by atoms with Crippen LogP contribution in [-0.4, -0.2) is 31.2 Å². The highest BCUT2D eigenvalue weighted by Gasteiger charge is 2.00. The molecule has 0 aromatic heterocycles. The minimum absolute atomic E-state index is 0.0208. The maximum Gasteiger partial charge on any atom is 0.305 e. The van der Waals surface area contributed by atoms with Gasteiger partial charge in [-0.05, 0) is 6.16 Å². The molecular weight excluding hydrogens is 220 g/mol. The highest BCUT2D eigenvalue weighted by atomic mass is 32.0. The summed E-state index contributed by atoms with van der Waals surface area (Å²) in [7, 11) is 3.32. The van der Waals surface area contributed by atoms with Crippen molar-refractivity contribution in [3.63, 3.8) is 0 Å². The normalized spacial score (nSPS) is 10.4. The van der Waals surface area contributed by atoms with E-state index >= 15 is 0 Å². The lowest BCUT2D eigenvalue weighted by Gasteiger charge is -2.05. The van der Waals surface area contributed by atoms with Crippen LogP contribution in [0.3, 0.4) is 0 Å². The molecule has 0 fully saturated rings. The summed E-state index contributed by atoms with van der Waals surface area (Å²) in [5.41, 5.74) is 0. The molecule has 2 atom stereocenters. The van der Waals surface area contributed by atoms with Crippen LogP contribution in [0.4, 0.5) is 0 Å². The van der Waals surface area contributed by atoms with Gasteiger partial charge in [0.1, 0.15) is 6.61 Å². The molecule has 0 bridgehead atoms. The molecule has 0 heterocycles. The molecule has 82 valence electrons. The SMILES string of the molecule is CCC(=O)OCCNC(=O)CCPP. The number of rotatable bonds is 7. The average Bonchev–Trinajstić information content (AvgIpc) is 2.21. The van der Waals surface area contributed by atoms with E-state index in [0.29, 0.717) is 19.4 Å². The second-order valence-electron chi connectivity index (χ2n) is 2.63. The Morgan fingerprint density at radius 3 is 2.79 bits per heavy atom. The number of esters is 1. The van der Waals surface area contributed by atoms with Crippen molar-refractivity contribution in [2.45, 2.75) is 19.8 Å². The standard InChI is InChI=1S/C8H17NO3P2/c1-2-8(11)12-5-4-9-7(10)3-6-14-13/h14H,2-6,13H2,1H3,(H,9,10). The van der Waals surface area contributed by atoms with Crippen molar-refractivity contribution >= 4 is 29.1 Å². The van der Waals surface area contributed by atoms with Crippen molar-refractivity contribution in [1.29, 1.82) is 0 Å². The molecule has 14 heavy (non-hydrogen) atoms. The predicted molar refractivity (Wildman–Crippen MR) is 61.8 cm³/mol. The molecule has 0 saturated heterocycles. The molecule has 0 rings (SSSR count). The molecule has 0 spiro atoms. The van der Waals surface area contributed by atoms with Crippen LogP contribution < -0.4 is 5.32 Å². The lowest BCUT2D eigenvalue weighted by atomic mass is 10.4. The van der Waals surface area contributed by atoms with Crippen LogP contribution in [-0.2, 0) is 14.3 Å². The number of ether oxygens (including phenoxy) is 1. The van der Waals surface area contributed by atoms with Gasteiger partial charge in [-0.15, -0.1) is 17.2 Å². The number of nitrogens with one attached hydrogen (secondary N) is 1. The number of amides is 1. The molecule has 6 heteroatoms. The van der Waals surface area contributed by atoms with Crippen molar-refractivity contribution in [3.8, 4) is 0 Å². The third-order valence-electron chi connectivity index (χ3n) is 1.47. The fourth-order valence-electron chi connectivity index (χ4n) is 0.731. The molecule has 0 aromatic rings. The van der Waals surface area contributed by atoms with E-state index < -0.39 is 0 Å². The van der Waals surface area contributed by atoms with Crippen molar-refractivity contribution in [1.82, 2.24) is 5.32 Å². The first-order valence-electron chi connectivity index (χ1n) is 4.56. The van der Waals surface area contributed by atoms with E-state index in [1.165, 1.54) is 0 Å².